The summed E-state index contributed by atoms with van der Waals surface area (Å²) in [6.45, 7) is 2.75. The first-order valence-electron chi connectivity index (χ1n) is 10.1. The van der Waals surface area contributed by atoms with Crippen LogP contribution in [0.2, 0.25) is 0 Å². The average Bonchev–Trinajstić information content (AvgIpc) is 2.81. The molecule has 0 spiro atoms. The molecule has 168 valence electrons. The molecule has 1 fully saturated rings. The van der Waals surface area contributed by atoms with E-state index in [-0.39, 0.29) is 0 Å². The maximum atomic E-state index is 13.1. The van der Waals surface area contributed by atoms with E-state index in [0.29, 0.717) is 11.1 Å². The largest absolute Gasteiger partial charge is 0.468 e. The van der Waals surface area contributed by atoms with Crippen LogP contribution in [0.15, 0.2) is 60.7 Å². The molecule has 0 aliphatic carbocycles. The zero-order valence-electron chi connectivity index (χ0n) is 18.3. The molecule has 1 aliphatic rings. The number of carbonyl (C=O) groups excluding carboxylic acids is 4. The third kappa shape index (κ3) is 3.72. The first kappa shape index (κ1) is 23.0. The van der Waals surface area contributed by atoms with E-state index in [1.807, 2.05) is 0 Å². The van der Waals surface area contributed by atoms with Gasteiger partial charge in [0.2, 0.25) is 5.91 Å². The van der Waals surface area contributed by atoms with Gasteiger partial charge in [-0.15, -0.1) is 0 Å². The number of likely N-dealkylation sites (tertiary alicyclic amines) is 1. The van der Waals surface area contributed by atoms with Gasteiger partial charge in [0, 0.05) is 18.1 Å². The van der Waals surface area contributed by atoms with Gasteiger partial charge >= 0.3 is 17.9 Å². The fourth-order valence-electron chi connectivity index (χ4n) is 4.30. The Hall–Kier alpha value is -3.68. The Kier molecular flexibility index (Phi) is 6.62. The Morgan fingerprint density at radius 3 is 1.81 bits per heavy atom. The molecule has 1 amide bonds. The summed E-state index contributed by atoms with van der Waals surface area (Å²) in [4.78, 5) is 51.8. The van der Waals surface area contributed by atoms with Crippen molar-refractivity contribution >= 4 is 23.8 Å². The van der Waals surface area contributed by atoms with Crippen LogP contribution in [0.25, 0.3) is 0 Å². The second kappa shape index (κ2) is 9.21. The molecule has 0 bridgehead atoms. The lowest BCUT2D eigenvalue weighted by Crippen LogP contribution is -2.74. The van der Waals surface area contributed by atoms with Crippen LogP contribution < -0.4 is 0 Å². The van der Waals surface area contributed by atoms with Crippen LogP contribution in [0, 0.1) is 5.92 Å². The lowest BCUT2D eigenvalue weighted by molar-refractivity contribution is -0.202. The minimum absolute atomic E-state index is 0.537. The SMILES string of the molecule is COC(=O)[C@H]1C(=O)N([C@@H](C)C(=O)OC)[C@@H]1C(OC(C)=O)(c1ccccc1)c1ccccc1. The Balaban J connectivity index is 2.33. The summed E-state index contributed by atoms with van der Waals surface area (Å²) in [7, 11) is 2.39. The van der Waals surface area contributed by atoms with E-state index in [1.54, 1.807) is 60.7 Å². The van der Waals surface area contributed by atoms with Crippen molar-refractivity contribution < 1.29 is 33.4 Å². The summed E-state index contributed by atoms with van der Waals surface area (Å²) in [6.07, 6.45) is 0. The minimum atomic E-state index is -1.58. The molecular formula is C24H25NO7. The number of methoxy groups -OCH3 is 2. The van der Waals surface area contributed by atoms with Crippen LogP contribution >= 0.6 is 0 Å². The number of esters is 3. The fourth-order valence-corrected chi connectivity index (χ4v) is 4.30. The molecule has 0 aromatic heterocycles. The molecule has 32 heavy (non-hydrogen) atoms. The topological polar surface area (TPSA) is 99.2 Å². The Morgan fingerprint density at radius 1 is 0.906 bits per heavy atom. The van der Waals surface area contributed by atoms with Gasteiger partial charge in [-0.25, -0.2) is 4.79 Å². The van der Waals surface area contributed by atoms with E-state index >= 15 is 0 Å². The number of amides is 1. The van der Waals surface area contributed by atoms with Crippen LogP contribution in [0.5, 0.6) is 0 Å². The summed E-state index contributed by atoms with van der Waals surface area (Å²) >= 11 is 0. The molecule has 2 aromatic carbocycles. The fraction of sp³-hybridized carbons (Fsp3) is 0.333. The number of benzene rings is 2. The molecule has 1 saturated heterocycles. The number of hydrogen-bond donors (Lipinski definition) is 0. The summed E-state index contributed by atoms with van der Waals surface area (Å²) < 4.78 is 15.7. The highest BCUT2D eigenvalue weighted by Crippen LogP contribution is 2.48. The van der Waals surface area contributed by atoms with Gasteiger partial charge in [0.15, 0.2) is 11.5 Å². The normalized spacial score (nSPS) is 18.9. The first-order chi connectivity index (χ1) is 15.3. The predicted molar refractivity (Wildman–Crippen MR) is 113 cm³/mol. The Morgan fingerprint density at radius 2 is 1.41 bits per heavy atom. The number of ether oxygens (including phenoxy) is 3. The molecule has 0 radical (unpaired) electrons. The van der Waals surface area contributed by atoms with Crippen LogP contribution in [0.3, 0.4) is 0 Å². The molecule has 3 atom stereocenters. The van der Waals surface area contributed by atoms with Crippen LogP contribution in [-0.2, 0) is 39.0 Å². The molecule has 3 rings (SSSR count). The van der Waals surface area contributed by atoms with Crippen LogP contribution in [0.1, 0.15) is 25.0 Å². The summed E-state index contributed by atoms with van der Waals surface area (Å²) in [5.41, 5.74) is -0.506. The van der Waals surface area contributed by atoms with Crippen LogP contribution in [0.4, 0.5) is 0 Å². The van der Waals surface area contributed by atoms with E-state index in [2.05, 4.69) is 0 Å². The molecule has 8 heteroatoms. The van der Waals surface area contributed by atoms with E-state index in [4.69, 9.17) is 14.2 Å². The second-order valence-electron chi connectivity index (χ2n) is 7.45. The standard InChI is InChI=1S/C24H25NO7/c1-15(22(28)30-3)25-20(19(21(25)27)23(29)31-4)24(32-16(2)26,17-11-7-5-8-12-17)18-13-9-6-10-14-18/h5-15,19-20H,1-4H3/t15-,19+,20-/m0/s1. The van der Waals surface area contributed by atoms with Crippen molar-refractivity contribution in [3.8, 4) is 0 Å². The highest BCUT2D eigenvalue weighted by Gasteiger charge is 2.66. The molecule has 0 saturated carbocycles. The van der Waals surface area contributed by atoms with Gasteiger partial charge in [-0.1, -0.05) is 60.7 Å². The summed E-state index contributed by atoms with van der Waals surface area (Å²) in [5.74, 6) is -3.96. The first-order valence-corrected chi connectivity index (χ1v) is 10.1. The number of hydrogen-bond acceptors (Lipinski definition) is 7. The van der Waals surface area contributed by atoms with Gasteiger partial charge in [-0.05, 0) is 6.92 Å². The number of β-lactam (4-membered cyclic amide) rings is 1. The van der Waals surface area contributed by atoms with E-state index in [9.17, 15) is 19.2 Å². The Labute approximate surface area is 186 Å². The molecule has 2 aromatic rings. The van der Waals surface area contributed by atoms with Crippen molar-refractivity contribution in [3.05, 3.63) is 71.8 Å². The predicted octanol–water partition coefficient (Wildman–Crippen LogP) is 2.05. The second-order valence-corrected chi connectivity index (χ2v) is 7.45. The van der Waals surface area contributed by atoms with Crippen molar-refractivity contribution in [2.24, 2.45) is 5.92 Å². The van der Waals surface area contributed by atoms with Gasteiger partial charge in [-0.3, -0.25) is 14.4 Å². The third-order valence-electron chi connectivity index (χ3n) is 5.68. The highest BCUT2D eigenvalue weighted by atomic mass is 16.6. The minimum Gasteiger partial charge on any atom is -0.468 e. The van der Waals surface area contributed by atoms with Crippen molar-refractivity contribution in [2.45, 2.75) is 31.5 Å². The van der Waals surface area contributed by atoms with Gasteiger partial charge in [0.25, 0.3) is 0 Å². The van der Waals surface area contributed by atoms with Crippen molar-refractivity contribution in [3.63, 3.8) is 0 Å². The molecule has 0 unspecified atom stereocenters. The van der Waals surface area contributed by atoms with Gasteiger partial charge in [0.05, 0.1) is 14.2 Å². The molecule has 1 aliphatic heterocycles. The third-order valence-corrected chi connectivity index (χ3v) is 5.68. The smallest absolute Gasteiger partial charge is 0.328 e. The highest BCUT2D eigenvalue weighted by molar-refractivity contribution is 6.05. The lowest BCUT2D eigenvalue weighted by atomic mass is 9.68. The molecule has 8 nitrogen and oxygen atoms in total. The Bertz CT molecular complexity index is 966. The lowest BCUT2D eigenvalue weighted by Gasteiger charge is -2.55. The molecular weight excluding hydrogens is 414 g/mol. The number of nitrogens with zero attached hydrogens (tertiary/aromatic N) is 1. The van der Waals surface area contributed by atoms with Crippen molar-refractivity contribution in [1.29, 1.82) is 0 Å². The summed E-state index contributed by atoms with van der Waals surface area (Å²) in [5, 5.41) is 0. The van der Waals surface area contributed by atoms with Crippen molar-refractivity contribution in [2.75, 3.05) is 14.2 Å². The molecule has 1 heterocycles. The van der Waals surface area contributed by atoms with E-state index in [0.717, 1.165) is 0 Å². The summed E-state index contributed by atoms with van der Waals surface area (Å²) in [6, 6.07) is 15.5. The average molecular weight is 439 g/mol. The van der Waals surface area contributed by atoms with Gasteiger partial charge < -0.3 is 19.1 Å². The maximum Gasteiger partial charge on any atom is 0.328 e. The number of rotatable bonds is 7. The maximum absolute atomic E-state index is 13.1. The van der Waals surface area contributed by atoms with Crippen molar-refractivity contribution in [1.82, 2.24) is 4.90 Å². The monoisotopic (exact) mass is 439 g/mol. The zero-order valence-corrected chi connectivity index (χ0v) is 18.3. The van der Waals surface area contributed by atoms with E-state index < -0.39 is 47.4 Å². The van der Waals surface area contributed by atoms with Gasteiger partial charge in [0.1, 0.15) is 12.1 Å². The van der Waals surface area contributed by atoms with Crippen LogP contribution in [-0.4, -0.2) is 55.0 Å². The quantitative estimate of drug-likeness (QED) is 0.282. The number of carbonyl (C=O) groups is 4. The van der Waals surface area contributed by atoms with Gasteiger partial charge in [-0.2, -0.15) is 0 Å². The zero-order chi connectivity index (χ0) is 23.5. The van der Waals surface area contributed by atoms with E-state index in [1.165, 1.54) is 33.0 Å². The molecule has 0 N–H and O–H groups in total.